The van der Waals surface area contributed by atoms with E-state index in [1.54, 1.807) is 11.1 Å². The smallest absolute Gasteiger partial charge is 0.101 e. The van der Waals surface area contributed by atoms with Crippen molar-refractivity contribution in [2.45, 2.75) is 20.3 Å². The van der Waals surface area contributed by atoms with Gasteiger partial charge in [0, 0.05) is 5.92 Å². The zero-order valence-corrected chi connectivity index (χ0v) is 10.9. The van der Waals surface area contributed by atoms with Crippen LogP contribution in [0, 0.1) is 5.92 Å². The number of quaternary nitrogens is 1. The van der Waals surface area contributed by atoms with Crippen molar-refractivity contribution in [2.75, 3.05) is 26.2 Å². The lowest BCUT2D eigenvalue weighted by atomic mass is 9.85. The molecule has 1 aromatic rings. The number of likely N-dealkylation sites (tertiary alicyclic amines) is 1. The van der Waals surface area contributed by atoms with Crippen molar-refractivity contribution in [3.05, 3.63) is 41.0 Å². The maximum Gasteiger partial charge on any atom is 0.101 e. The standard InChI is InChI=1S/C16H22N/c1-3-17(4-2)11-15-9-13-7-5-6-8-14(13)10-16(15)12-17/h5-9,16H,3-4,10-12H2,1-2H3/q+1/t16-/m1/s1. The molecule has 90 valence electrons. The molecule has 1 heteroatoms. The van der Waals surface area contributed by atoms with Crippen molar-refractivity contribution in [3.8, 4) is 0 Å². The van der Waals surface area contributed by atoms with Crippen LogP contribution in [0.1, 0.15) is 25.0 Å². The lowest BCUT2D eigenvalue weighted by Gasteiger charge is -2.31. The Morgan fingerprint density at radius 2 is 1.94 bits per heavy atom. The Kier molecular flexibility index (Phi) is 2.59. The first-order chi connectivity index (χ1) is 8.26. The Bertz CT molecular complexity index is 454. The fourth-order valence-corrected chi connectivity index (χ4v) is 3.56. The lowest BCUT2D eigenvalue weighted by molar-refractivity contribution is -0.912. The summed E-state index contributed by atoms with van der Waals surface area (Å²) in [7, 11) is 0. The van der Waals surface area contributed by atoms with Crippen molar-refractivity contribution in [1.29, 1.82) is 0 Å². The second-order valence-electron chi connectivity index (χ2n) is 5.63. The average molecular weight is 228 g/mol. The predicted octanol–water partition coefficient (Wildman–Crippen LogP) is 3.11. The number of hydrogen-bond donors (Lipinski definition) is 0. The van der Waals surface area contributed by atoms with E-state index in [1.807, 2.05) is 0 Å². The summed E-state index contributed by atoms with van der Waals surface area (Å²) in [5.41, 5.74) is 4.71. The van der Waals surface area contributed by atoms with Gasteiger partial charge in [0.2, 0.25) is 0 Å². The average Bonchev–Trinajstić information content (AvgIpc) is 2.74. The fourth-order valence-electron chi connectivity index (χ4n) is 3.56. The van der Waals surface area contributed by atoms with E-state index < -0.39 is 0 Å². The number of likely N-dealkylation sites (N-methyl/N-ethyl adjacent to an activating group) is 1. The quantitative estimate of drug-likeness (QED) is 0.682. The highest BCUT2D eigenvalue weighted by Gasteiger charge is 2.40. The third kappa shape index (κ3) is 1.73. The van der Waals surface area contributed by atoms with Crippen molar-refractivity contribution >= 4 is 6.08 Å². The monoisotopic (exact) mass is 228 g/mol. The van der Waals surface area contributed by atoms with Gasteiger partial charge in [-0.1, -0.05) is 24.3 Å². The summed E-state index contributed by atoms with van der Waals surface area (Å²) in [6.07, 6.45) is 3.73. The second kappa shape index (κ2) is 3.99. The van der Waals surface area contributed by atoms with Crippen LogP contribution in [0.3, 0.4) is 0 Å². The molecule has 0 aromatic heterocycles. The zero-order chi connectivity index (χ0) is 11.9. The van der Waals surface area contributed by atoms with E-state index in [9.17, 15) is 0 Å². The molecular formula is C16H22N+. The third-order valence-corrected chi connectivity index (χ3v) is 4.85. The molecule has 0 unspecified atom stereocenters. The van der Waals surface area contributed by atoms with Gasteiger partial charge in [-0.25, -0.2) is 0 Å². The summed E-state index contributed by atoms with van der Waals surface area (Å²) < 4.78 is 1.30. The minimum atomic E-state index is 0.810. The first-order valence-corrected chi connectivity index (χ1v) is 6.90. The normalized spacial score (nSPS) is 25.1. The molecule has 0 bridgehead atoms. The van der Waals surface area contributed by atoms with Crippen LogP contribution >= 0.6 is 0 Å². The van der Waals surface area contributed by atoms with Crippen LogP contribution in [0.25, 0.3) is 6.08 Å². The molecule has 0 saturated carbocycles. The molecule has 0 radical (unpaired) electrons. The molecule has 17 heavy (non-hydrogen) atoms. The number of rotatable bonds is 2. The predicted molar refractivity (Wildman–Crippen MR) is 72.7 cm³/mol. The van der Waals surface area contributed by atoms with Crippen LogP contribution in [0.2, 0.25) is 0 Å². The van der Waals surface area contributed by atoms with Gasteiger partial charge < -0.3 is 4.48 Å². The third-order valence-electron chi connectivity index (χ3n) is 4.85. The molecule has 1 aliphatic carbocycles. The maximum atomic E-state index is 2.47. The zero-order valence-electron chi connectivity index (χ0n) is 10.9. The molecule has 1 aliphatic heterocycles. The van der Waals surface area contributed by atoms with Crippen LogP contribution < -0.4 is 0 Å². The van der Waals surface area contributed by atoms with Crippen LogP contribution in [0.4, 0.5) is 0 Å². The number of fused-ring (bicyclic) bond motifs is 2. The van der Waals surface area contributed by atoms with Gasteiger partial charge in [0.25, 0.3) is 0 Å². The minimum Gasteiger partial charge on any atom is -0.320 e. The highest BCUT2D eigenvalue weighted by molar-refractivity contribution is 5.61. The molecule has 0 N–H and O–H groups in total. The van der Waals surface area contributed by atoms with E-state index in [4.69, 9.17) is 0 Å². The first-order valence-electron chi connectivity index (χ1n) is 6.90. The van der Waals surface area contributed by atoms with Gasteiger partial charge in [0.1, 0.15) is 6.54 Å². The topological polar surface area (TPSA) is 0 Å². The molecule has 1 aromatic carbocycles. The summed E-state index contributed by atoms with van der Waals surface area (Å²) >= 11 is 0. The SMILES string of the molecule is CC[N+]1(CC)CC2=Cc3ccccc3C[C@@H]2C1. The van der Waals surface area contributed by atoms with E-state index in [1.165, 1.54) is 42.6 Å². The molecule has 1 nitrogen and oxygen atoms in total. The van der Waals surface area contributed by atoms with Gasteiger partial charge in [-0.15, -0.1) is 0 Å². The number of benzene rings is 1. The van der Waals surface area contributed by atoms with Gasteiger partial charge in [-0.2, -0.15) is 0 Å². The van der Waals surface area contributed by atoms with Crippen LogP contribution in [-0.2, 0) is 6.42 Å². The Hall–Kier alpha value is -1.08. The highest BCUT2D eigenvalue weighted by atomic mass is 15.4. The van der Waals surface area contributed by atoms with E-state index in [2.05, 4.69) is 44.2 Å². The van der Waals surface area contributed by atoms with E-state index in [-0.39, 0.29) is 0 Å². The first kappa shape index (κ1) is 11.0. The van der Waals surface area contributed by atoms with Gasteiger partial charge in [-0.3, -0.25) is 0 Å². The molecular weight excluding hydrogens is 206 g/mol. The van der Waals surface area contributed by atoms with E-state index >= 15 is 0 Å². The van der Waals surface area contributed by atoms with E-state index in [0.717, 1.165) is 5.92 Å². The van der Waals surface area contributed by atoms with E-state index in [0.29, 0.717) is 0 Å². The summed E-state index contributed by atoms with van der Waals surface area (Å²) in [5.74, 6) is 0.810. The number of nitrogens with zero attached hydrogens (tertiary/aromatic N) is 1. The molecule has 0 amide bonds. The van der Waals surface area contributed by atoms with Gasteiger partial charge in [0.15, 0.2) is 0 Å². The maximum absolute atomic E-state index is 2.47. The fraction of sp³-hybridized carbons (Fsp3) is 0.500. The molecule has 1 fully saturated rings. The highest BCUT2D eigenvalue weighted by Crippen LogP contribution is 2.37. The Labute approximate surface area is 104 Å². The minimum absolute atomic E-state index is 0.810. The Morgan fingerprint density at radius 3 is 2.71 bits per heavy atom. The summed E-state index contributed by atoms with van der Waals surface area (Å²) in [5, 5.41) is 0. The molecule has 0 spiro atoms. The van der Waals surface area contributed by atoms with Crippen LogP contribution in [0.5, 0.6) is 0 Å². The van der Waals surface area contributed by atoms with Crippen LogP contribution in [-0.4, -0.2) is 30.7 Å². The van der Waals surface area contributed by atoms with Crippen molar-refractivity contribution in [3.63, 3.8) is 0 Å². The second-order valence-corrected chi connectivity index (χ2v) is 5.63. The summed E-state index contributed by atoms with van der Waals surface area (Å²) in [6.45, 7) is 9.88. The van der Waals surface area contributed by atoms with Gasteiger partial charge >= 0.3 is 0 Å². The lowest BCUT2D eigenvalue weighted by Crippen LogP contribution is -2.45. The summed E-state index contributed by atoms with van der Waals surface area (Å²) in [4.78, 5) is 0. The number of hydrogen-bond acceptors (Lipinski definition) is 0. The Balaban J connectivity index is 1.94. The molecule has 1 saturated heterocycles. The Morgan fingerprint density at radius 1 is 1.18 bits per heavy atom. The molecule has 1 atom stereocenters. The van der Waals surface area contributed by atoms with Gasteiger partial charge in [-0.05, 0) is 43.0 Å². The van der Waals surface area contributed by atoms with Crippen molar-refractivity contribution < 1.29 is 4.48 Å². The molecule has 2 aliphatic rings. The van der Waals surface area contributed by atoms with Crippen LogP contribution in [0.15, 0.2) is 29.8 Å². The molecule has 1 heterocycles. The molecule has 3 rings (SSSR count). The van der Waals surface area contributed by atoms with Crippen molar-refractivity contribution in [2.24, 2.45) is 5.92 Å². The van der Waals surface area contributed by atoms with Crippen molar-refractivity contribution in [1.82, 2.24) is 0 Å². The largest absolute Gasteiger partial charge is 0.320 e. The summed E-state index contributed by atoms with van der Waals surface area (Å²) in [6, 6.07) is 8.90. The van der Waals surface area contributed by atoms with Gasteiger partial charge in [0.05, 0.1) is 19.6 Å².